The Bertz CT molecular complexity index is 692. The van der Waals surface area contributed by atoms with Gasteiger partial charge in [-0.25, -0.2) is 19.2 Å². The first-order valence-corrected chi connectivity index (χ1v) is 6.13. The third-order valence-corrected chi connectivity index (χ3v) is 2.41. The molecule has 2 aromatic heterocycles. The number of furan rings is 2. The van der Waals surface area contributed by atoms with E-state index in [9.17, 15) is 19.2 Å². The fraction of sp³-hybridized carbons (Fsp3) is 0.143. The van der Waals surface area contributed by atoms with E-state index < -0.39 is 23.9 Å². The smallest absolute Gasteiger partial charge is 0.373 e. The van der Waals surface area contributed by atoms with E-state index in [-0.39, 0.29) is 23.0 Å². The van der Waals surface area contributed by atoms with Crippen LogP contribution in [0, 0.1) is 0 Å². The molecule has 0 atom stereocenters. The summed E-state index contributed by atoms with van der Waals surface area (Å²) in [5.41, 5.74) is 0. The predicted molar refractivity (Wildman–Crippen MR) is 74.0 cm³/mol. The van der Waals surface area contributed by atoms with Crippen LogP contribution in [0.2, 0.25) is 0 Å². The van der Waals surface area contributed by atoms with Crippen LogP contribution in [0.15, 0.2) is 33.1 Å². The quantitative estimate of drug-likeness (QED) is 0.783. The van der Waals surface area contributed by atoms with Crippen LogP contribution in [-0.4, -0.2) is 48.3 Å². The lowest BCUT2D eigenvalue weighted by Gasteiger charge is -1.93. The number of esters is 2. The fourth-order valence-electron chi connectivity index (χ4n) is 1.33. The molecule has 0 amide bonds. The minimum absolute atomic E-state index is 0.0251. The van der Waals surface area contributed by atoms with E-state index in [1.807, 2.05) is 0 Å². The van der Waals surface area contributed by atoms with Crippen molar-refractivity contribution in [2.24, 2.45) is 0 Å². The van der Waals surface area contributed by atoms with Gasteiger partial charge in [-0.3, -0.25) is 0 Å². The van der Waals surface area contributed by atoms with E-state index in [0.29, 0.717) is 0 Å². The second kappa shape index (κ2) is 8.17. The Morgan fingerprint density at radius 3 is 1.25 bits per heavy atom. The third-order valence-electron chi connectivity index (χ3n) is 2.41. The van der Waals surface area contributed by atoms with Crippen LogP contribution in [0.5, 0.6) is 0 Å². The van der Waals surface area contributed by atoms with Crippen molar-refractivity contribution in [2.45, 2.75) is 0 Å². The van der Waals surface area contributed by atoms with Crippen LogP contribution in [0.1, 0.15) is 42.2 Å². The molecule has 0 saturated carbocycles. The molecule has 0 spiro atoms. The monoisotopic (exact) mass is 340 g/mol. The maximum Gasteiger partial charge on any atom is 0.373 e. The highest BCUT2D eigenvalue weighted by Gasteiger charge is 2.15. The Hall–Kier alpha value is -3.56. The Labute approximate surface area is 134 Å². The summed E-state index contributed by atoms with van der Waals surface area (Å²) in [4.78, 5) is 42.0. The predicted octanol–water partition coefficient (Wildman–Crippen LogP) is 1.53. The Morgan fingerprint density at radius 2 is 1.00 bits per heavy atom. The van der Waals surface area contributed by atoms with Gasteiger partial charge in [-0.05, 0) is 24.3 Å². The van der Waals surface area contributed by atoms with Crippen molar-refractivity contribution in [2.75, 3.05) is 14.2 Å². The van der Waals surface area contributed by atoms with Crippen molar-refractivity contribution in [3.05, 3.63) is 47.3 Å². The minimum atomic E-state index is -1.28. The lowest BCUT2D eigenvalue weighted by Crippen LogP contribution is -2.00. The number of aromatic carboxylic acids is 2. The molecule has 0 aromatic carbocycles. The molecular weight excluding hydrogens is 328 g/mol. The van der Waals surface area contributed by atoms with Crippen LogP contribution in [0.4, 0.5) is 0 Å². The number of carbonyl (C=O) groups excluding carboxylic acids is 2. The van der Waals surface area contributed by atoms with E-state index in [2.05, 4.69) is 13.9 Å². The van der Waals surface area contributed by atoms with E-state index >= 15 is 0 Å². The van der Waals surface area contributed by atoms with E-state index in [4.69, 9.17) is 14.6 Å². The number of methoxy groups -OCH3 is 2. The first kappa shape index (κ1) is 18.5. The molecular formula is C14H12O10. The van der Waals surface area contributed by atoms with Crippen LogP contribution in [0.25, 0.3) is 0 Å². The van der Waals surface area contributed by atoms with Gasteiger partial charge >= 0.3 is 23.9 Å². The summed E-state index contributed by atoms with van der Waals surface area (Å²) in [7, 11) is 2.45. The highest BCUT2D eigenvalue weighted by Crippen LogP contribution is 2.09. The lowest BCUT2D eigenvalue weighted by atomic mass is 10.4. The second-order valence-corrected chi connectivity index (χ2v) is 3.92. The molecule has 10 heteroatoms. The number of hydrogen-bond acceptors (Lipinski definition) is 8. The summed E-state index contributed by atoms with van der Waals surface area (Å²) in [6.07, 6.45) is 0. The average molecular weight is 340 g/mol. The minimum Gasteiger partial charge on any atom is -0.475 e. The van der Waals surface area contributed by atoms with Crippen molar-refractivity contribution in [3.63, 3.8) is 0 Å². The van der Waals surface area contributed by atoms with Crippen molar-refractivity contribution < 1.29 is 47.7 Å². The Morgan fingerprint density at radius 1 is 0.708 bits per heavy atom. The normalized spacial score (nSPS) is 9.42. The number of hydrogen-bond donors (Lipinski definition) is 2. The van der Waals surface area contributed by atoms with Crippen LogP contribution < -0.4 is 0 Å². The van der Waals surface area contributed by atoms with E-state index in [1.165, 1.54) is 26.4 Å². The molecule has 0 saturated heterocycles. The molecule has 2 aromatic rings. The van der Waals surface area contributed by atoms with Gasteiger partial charge in [0.2, 0.25) is 23.0 Å². The molecule has 2 rings (SSSR count). The maximum atomic E-state index is 10.9. The second-order valence-electron chi connectivity index (χ2n) is 3.92. The Balaban J connectivity index is 0.000000243. The molecule has 0 aliphatic carbocycles. The van der Waals surface area contributed by atoms with E-state index in [1.54, 1.807) is 0 Å². The van der Waals surface area contributed by atoms with Crippen molar-refractivity contribution in [1.82, 2.24) is 0 Å². The number of ether oxygens (including phenoxy) is 2. The molecule has 0 fully saturated rings. The number of carboxylic acid groups (broad SMARTS) is 2. The van der Waals surface area contributed by atoms with Gasteiger partial charge in [0, 0.05) is 0 Å². The summed E-state index contributed by atoms with van der Waals surface area (Å²) < 4.78 is 18.0. The van der Waals surface area contributed by atoms with Gasteiger partial charge in [0.05, 0.1) is 14.2 Å². The van der Waals surface area contributed by atoms with Gasteiger partial charge in [-0.15, -0.1) is 0 Å². The van der Waals surface area contributed by atoms with Crippen molar-refractivity contribution in [3.8, 4) is 0 Å². The molecule has 10 nitrogen and oxygen atoms in total. The SMILES string of the molecule is COC(=O)c1ccc(C(=O)OC)o1.O=C(O)c1ccc(C(=O)O)o1. The van der Waals surface area contributed by atoms with E-state index in [0.717, 1.165) is 12.1 Å². The molecule has 2 heterocycles. The zero-order valence-electron chi connectivity index (χ0n) is 12.5. The third kappa shape index (κ3) is 4.73. The van der Waals surface area contributed by atoms with Gasteiger partial charge < -0.3 is 28.5 Å². The lowest BCUT2D eigenvalue weighted by molar-refractivity contribution is 0.0528. The summed E-state index contributed by atoms with van der Waals surface area (Å²) in [6.45, 7) is 0. The molecule has 0 radical (unpaired) electrons. The van der Waals surface area contributed by atoms with Gasteiger partial charge in [0.1, 0.15) is 0 Å². The fourth-order valence-corrected chi connectivity index (χ4v) is 1.33. The Kier molecular flexibility index (Phi) is 6.30. The number of carboxylic acids is 2. The maximum absolute atomic E-state index is 10.9. The van der Waals surface area contributed by atoms with Gasteiger partial charge in [-0.1, -0.05) is 0 Å². The summed E-state index contributed by atoms with van der Waals surface area (Å²) in [5.74, 6) is -4.61. The van der Waals surface area contributed by atoms with Crippen LogP contribution >= 0.6 is 0 Å². The summed E-state index contributed by atoms with van der Waals surface area (Å²) >= 11 is 0. The molecule has 24 heavy (non-hydrogen) atoms. The molecule has 0 unspecified atom stereocenters. The summed E-state index contributed by atoms with van der Waals surface area (Å²) in [6, 6.07) is 4.87. The largest absolute Gasteiger partial charge is 0.475 e. The van der Waals surface area contributed by atoms with Crippen LogP contribution in [0.3, 0.4) is 0 Å². The van der Waals surface area contributed by atoms with Crippen LogP contribution in [-0.2, 0) is 9.47 Å². The summed E-state index contributed by atoms with van der Waals surface area (Å²) in [5, 5.41) is 16.6. The molecule has 0 aliphatic rings. The number of carbonyl (C=O) groups is 4. The zero-order valence-corrected chi connectivity index (χ0v) is 12.5. The topological polar surface area (TPSA) is 153 Å². The molecule has 128 valence electrons. The highest BCUT2D eigenvalue weighted by atomic mass is 16.5. The molecule has 0 bridgehead atoms. The first-order valence-electron chi connectivity index (χ1n) is 6.13. The number of rotatable bonds is 4. The van der Waals surface area contributed by atoms with Gasteiger partial charge in [-0.2, -0.15) is 0 Å². The highest BCUT2D eigenvalue weighted by molar-refractivity contribution is 5.90. The molecule has 0 aliphatic heterocycles. The standard InChI is InChI=1S/C8H8O5.C6H4O5/c1-11-7(9)5-3-4-6(13-5)8(10)12-2;7-5(8)3-1-2-4(11-3)6(9)10/h3-4H,1-2H3;1-2H,(H,7,8)(H,9,10). The van der Waals surface area contributed by atoms with Gasteiger partial charge in [0.15, 0.2) is 0 Å². The van der Waals surface area contributed by atoms with Crippen molar-refractivity contribution >= 4 is 23.9 Å². The zero-order chi connectivity index (χ0) is 18.3. The average Bonchev–Trinajstić information content (AvgIpc) is 3.23. The van der Waals surface area contributed by atoms with Gasteiger partial charge in [0.25, 0.3) is 0 Å². The molecule has 2 N–H and O–H groups in total. The first-order chi connectivity index (χ1) is 11.3. The van der Waals surface area contributed by atoms with Crippen molar-refractivity contribution in [1.29, 1.82) is 0 Å².